The molecule has 4 aromatic carbocycles. The predicted molar refractivity (Wildman–Crippen MR) is 124 cm³/mol. The first kappa shape index (κ1) is 19.7. The third-order valence-corrected chi connectivity index (χ3v) is 5.32. The van der Waals surface area contributed by atoms with Crippen LogP contribution in [-0.2, 0) is 4.79 Å². The van der Waals surface area contributed by atoms with Crippen LogP contribution in [0.15, 0.2) is 103 Å². The Kier molecular flexibility index (Phi) is 5.82. The van der Waals surface area contributed by atoms with Crippen LogP contribution in [0.3, 0.4) is 0 Å². The van der Waals surface area contributed by atoms with E-state index in [1.807, 2.05) is 97.1 Å². The number of benzene rings is 4. The lowest BCUT2D eigenvalue weighted by Crippen LogP contribution is -2.36. The maximum absolute atomic E-state index is 13.3. The zero-order valence-electron chi connectivity index (χ0n) is 16.1. The average Bonchev–Trinajstić information content (AvgIpc) is 2.80. The summed E-state index contributed by atoms with van der Waals surface area (Å²) in [5, 5.41) is 4.71. The Hall–Kier alpha value is -3.57. The maximum atomic E-state index is 13.3. The zero-order valence-corrected chi connectivity index (χ0v) is 17.0. The number of hydrogen-bond acceptors (Lipinski definition) is 3. The van der Waals surface area contributed by atoms with Gasteiger partial charge in [0.05, 0.1) is 11.6 Å². The number of nitrogens with zero attached hydrogens (tertiary/aromatic N) is 1. The smallest absolute Gasteiger partial charge is 0.306 e. The van der Waals surface area contributed by atoms with Crippen LogP contribution in [-0.4, -0.2) is 16.2 Å². The van der Waals surface area contributed by atoms with Crippen LogP contribution in [0.2, 0.25) is 0 Å². The maximum Gasteiger partial charge on any atom is 0.338 e. The fourth-order valence-corrected chi connectivity index (χ4v) is 3.66. The van der Waals surface area contributed by atoms with Crippen LogP contribution in [0.25, 0.3) is 10.8 Å². The van der Waals surface area contributed by atoms with Crippen LogP contribution in [0, 0.1) is 0 Å². The lowest BCUT2D eigenvalue weighted by atomic mass is 9.90. The topological polar surface area (TPSA) is 49.4 Å². The van der Waals surface area contributed by atoms with Gasteiger partial charge in [-0.2, -0.15) is 0 Å². The van der Waals surface area contributed by atoms with E-state index in [2.05, 4.69) is 18.1 Å². The van der Waals surface area contributed by atoms with E-state index in [1.54, 1.807) is 6.07 Å². The van der Waals surface area contributed by atoms with Gasteiger partial charge in [0.25, 0.3) is 5.91 Å². The van der Waals surface area contributed by atoms with E-state index in [9.17, 15) is 9.59 Å². The Morgan fingerprint density at radius 3 is 1.87 bits per heavy atom. The first-order valence-electron chi connectivity index (χ1n) is 9.56. The number of rotatable bonds is 4. The monoisotopic (exact) mass is 412 g/mol. The molecular formula is C25H20N2O2S. The second kappa shape index (κ2) is 8.84. The highest BCUT2D eigenvalue weighted by molar-refractivity contribution is 7.79. The lowest BCUT2D eigenvalue weighted by molar-refractivity contribution is -0.124. The predicted octanol–water partition coefficient (Wildman–Crippen LogP) is 5.88. The summed E-state index contributed by atoms with van der Waals surface area (Å²) in [6, 6.07) is 31.5. The molecule has 4 rings (SSSR count). The van der Waals surface area contributed by atoms with Crippen molar-refractivity contribution in [3.8, 4) is 0 Å². The molecule has 0 atom stereocenters. The molecule has 0 aliphatic heterocycles. The molecular weight excluding hydrogens is 392 g/mol. The summed E-state index contributed by atoms with van der Waals surface area (Å²) in [6.07, 6.45) is 0. The van der Waals surface area contributed by atoms with E-state index in [4.69, 9.17) is 0 Å². The van der Waals surface area contributed by atoms with Gasteiger partial charge in [0.15, 0.2) is 0 Å². The molecule has 5 heteroatoms. The highest BCUT2D eigenvalue weighted by Crippen LogP contribution is 2.28. The summed E-state index contributed by atoms with van der Waals surface area (Å²) in [6.45, 7) is 0. The molecule has 0 aliphatic carbocycles. The van der Waals surface area contributed by atoms with Crippen molar-refractivity contribution in [2.75, 3.05) is 5.32 Å². The Morgan fingerprint density at radius 1 is 0.700 bits per heavy atom. The first-order valence-corrected chi connectivity index (χ1v) is 9.96. The van der Waals surface area contributed by atoms with Crippen molar-refractivity contribution < 1.29 is 9.59 Å². The minimum Gasteiger partial charge on any atom is -0.306 e. The van der Waals surface area contributed by atoms with E-state index in [0.717, 1.165) is 26.2 Å². The highest BCUT2D eigenvalue weighted by Gasteiger charge is 2.30. The number of imide groups is 1. The molecule has 3 amide bonds. The second-order valence-electron chi connectivity index (χ2n) is 6.86. The van der Waals surface area contributed by atoms with Crippen molar-refractivity contribution in [1.29, 1.82) is 0 Å². The number of urea groups is 1. The van der Waals surface area contributed by atoms with Gasteiger partial charge >= 0.3 is 6.03 Å². The van der Waals surface area contributed by atoms with E-state index in [0.29, 0.717) is 5.69 Å². The quantitative estimate of drug-likeness (QED) is 0.412. The summed E-state index contributed by atoms with van der Waals surface area (Å²) in [5.74, 6) is -1.06. The molecule has 0 aliphatic rings. The van der Waals surface area contributed by atoms with Crippen molar-refractivity contribution in [3.05, 3.63) is 114 Å². The SMILES string of the molecule is O=C(Nc1cccc2ccccc12)N(S)C(=O)C(c1ccccc1)c1ccccc1. The van der Waals surface area contributed by atoms with Gasteiger partial charge in [-0.15, -0.1) is 0 Å². The summed E-state index contributed by atoms with van der Waals surface area (Å²) in [7, 11) is 0. The van der Waals surface area contributed by atoms with Gasteiger partial charge in [-0.05, 0) is 22.6 Å². The number of carbonyl (C=O) groups is 2. The number of thiol groups is 1. The van der Waals surface area contributed by atoms with Gasteiger partial charge < -0.3 is 5.32 Å². The molecule has 1 N–H and O–H groups in total. The molecule has 30 heavy (non-hydrogen) atoms. The van der Waals surface area contributed by atoms with E-state index >= 15 is 0 Å². The van der Waals surface area contributed by atoms with Crippen LogP contribution in [0.4, 0.5) is 10.5 Å². The van der Waals surface area contributed by atoms with E-state index < -0.39 is 17.9 Å². The number of hydrogen-bond donors (Lipinski definition) is 2. The Balaban J connectivity index is 1.62. The van der Waals surface area contributed by atoms with Crippen LogP contribution in [0.5, 0.6) is 0 Å². The molecule has 0 spiro atoms. The molecule has 0 fully saturated rings. The van der Waals surface area contributed by atoms with Gasteiger partial charge in [-0.3, -0.25) is 4.79 Å². The lowest BCUT2D eigenvalue weighted by Gasteiger charge is -2.23. The van der Waals surface area contributed by atoms with Crippen molar-refractivity contribution >= 4 is 41.2 Å². The molecule has 0 bridgehead atoms. The summed E-state index contributed by atoms with van der Waals surface area (Å²) < 4.78 is 0.854. The standard InChI is InChI=1S/C25H20N2O2S/c28-24(23(19-11-3-1-4-12-19)20-13-5-2-6-14-20)27(30)25(29)26-22-17-9-15-18-10-7-8-16-21(18)22/h1-17,23,30H,(H,26,29). The molecule has 148 valence electrons. The third kappa shape index (κ3) is 4.07. The first-order chi connectivity index (χ1) is 14.6. The van der Waals surface area contributed by atoms with Crippen molar-refractivity contribution in [2.45, 2.75) is 5.92 Å². The zero-order chi connectivity index (χ0) is 20.9. The normalized spacial score (nSPS) is 10.7. The minimum atomic E-state index is -0.636. The second-order valence-corrected chi connectivity index (χ2v) is 7.26. The Labute approximate surface area is 180 Å². The largest absolute Gasteiger partial charge is 0.338 e. The average molecular weight is 413 g/mol. The fourth-order valence-electron chi connectivity index (χ4n) is 3.49. The molecule has 0 heterocycles. The van der Waals surface area contributed by atoms with Gasteiger partial charge in [0.2, 0.25) is 0 Å². The van der Waals surface area contributed by atoms with E-state index in [-0.39, 0.29) is 0 Å². The number of anilines is 1. The minimum absolute atomic E-state index is 0.423. The van der Waals surface area contributed by atoms with Gasteiger partial charge in [0, 0.05) is 5.39 Å². The number of amides is 3. The number of carbonyl (C=O) groups excluding carboxylic acids is 2. The number of nitrogens with one attached hydrogen (secondary N) is 1. The van der Waals surface area contributed by atoms with E-state index in [1.165, 1.54) is 0 Å². The molecule has 0 saturated heterocycles. The highest BCUT2D eigenvalue weighted by atomic mass is 32.1. The summed E-state index contributed by atoms with van der Waals surface area (Å²) >= 11 is 4.26. The number of fused-ring (bicyclic) bond motifs is 1. The van der Waals surface area contributed by atoms with Crippen LogP contribution >= 0.6 is 12.8 Å². The molecule has 4 aromatic rings. The van der Waals surface area contributed by atoms with Gasteiger partial charge in [0.1, 0.15) is 0 Å². The van der Waals surface area contributed by atoms with Crippen molar-refractivity contribution in [2.24, 2.45) is 0 Å². The molecule has 0 saturated carbocycles. The molecule has 0 unspecified atom stereocenters. The molecule has 0 radical (unpaired) electrons. The van der Waals surface area contributed by atoms with Gasteiger partial charge in [-0.1, -0.05) is 110 Å². The van der Waals surface area contributed by atoms with Gasteiger partial charge in [-0.25, -0.2) is 9.10 Å². The fraction of sp³-hybridized carbons (Fsp3) is 0.0400. The summed E-state index contributed by atoms with van der Waals surface area (Å²) in [5.41, 5.74) is 2.22. The van der Waals surface area contributed by atoms with Crippen molar-refractivity contribution in [3.63, 3.8) is 0 Å². The third-order valence-electron chi connectivity index (χ3n) is 4.95. The Morgan fingerprint density at radius 2 is 1.23 bits per heavy atom. The molecule has 0 aromatic heterocycles. The summed E-state index contributed by atoms with van der Waals surface area (Å²) in [4.78, 5) is 26.2. The molecule has 4 nitrogen and oxygen atoms in total. The van der Waals surface area contributed by atoms with Crippen LogP contribution in [0.1, 0.15) is 17.0 Å². The Bertz CT molecular complexity index is 1130. The van der Waals surface area contributed by atoms with Crippen molar-refractivity contribution in [1.82, 2.24) is 4.31 Å². The van der Waals surface area contributed by atoms with Crippen LogP contribution < -0.4 is 5.32 Å².